The maximum absolute atomic E-state index is 10.5. The van der Waals surface area contributed by atoms with Crippen molar-refractivity contribution in [2.24, 2.45) is 7.05 Å². The molecule has 0 aliphatic heterocycles. The van der Waals surface area contributed by atoms with Crippen LogP contribution in [0.15, 0.2) is 54.6 Å². The molecule has 1 atom stereocenters. The highest BCUT2D eigenvalue weighted by Crippen LogP contribution is 2.37. The largest absolute Gasteiger partial charge is 0.439 e. The summed E-state index contributed by atoms with van der Waals surface area (Å²) in [6.45, 7) is 3.46. The predicted octanol–water partition coefficient (Wildman–Crippen LogP) is 5.66. The lowest BCUT2D eigenvalue weighted by molar-refractivity contribution is 0.0963. The van der Waals surface area contributed by atoms with Crippen molar-refractivity contribution in [1.29, 1.82) is 0 Å². The fourth-order valence-electron chi connectivity index (χ4n) is 3.95. The monoisotopic (exact) mass is 439 g/mol. The lowest BCUT2D eigenvalue weighted by Crippen LogP contribution is -2.34. The highest BCUT2D eigenvalue weighted by molar-refractivity contribution is 6.30. The van der Waals surface area contributed by atoms with Crippen LogP contribution in [0, 0.1) is 0 Å². The van der Waals surface area contributed by atoms with E-state index in [0.717, 1.165) is 41.3 Å². The molecule has 1 N–H and O–H groups in total. The zero-order chi connectivity index (χ0) is 21.8. The van der Waals surface area contributed by atoms with Gasteiger partial charge in [-0.3, -0.25) is 4.90 Å². The van der Waals surface area contributed by atoms with Crippen LogP contribution < -0.4 is 4.74 Å². The molecule has 1 heterocycles. The summed E-state index contributed by atoms with van der Waals surface area (Å²) < 4.78 is 8.11. The van der Waals surface area contributed by atoms with E-state index in [-0.39, 0.29) is 6.10 Å². The first-order valence-corrected chi connectivity index (χ1v) is 11.4. The molecule has 5 nitrogen and oxygen atoms in total. The minimum absolute atomic E-state index is 0.317. The van der Waals surface area contributed by atoms with Gasteiger partial charge in [-0.25, -0.2) is 4.68 Å². The summed E-state index contributed by atoms with van der Waals surface area (Å²) >= 11 is 6.04. The number of rotatable bonds is 10. The van der Waals surface area contributed by atoms with E-state index >= 15 is 0 Å². The summed E-state index contributed by atoms with van der Waals surface area (Å²) in [7, 11) is 1.91. The SMILES string of the molecule is CCC[C@H](O)CN(Cc1c(-c2ccccc2)nn(C)c1Oc1ccc(Cl)cc1)C1CC1. The standard InChI is InChI=1S/C25H30ClN3O2/c1-3-7-21(30)16-29(20-12-13-20)17-23-24(18-8-5-4-6-9-18)27-28(2)25(23)31-22-14-10-19(26)11-15-22/h4-6,8-11,14-15,20-21,30H,3,7,12-13,16-17H2,1-2H3/t21-/m0/s1. The van der Waals surface area contributed by atoms with Crippen molar-refractivity contribution in [2.45, 2.75) is 51.3 Å². The molecule has 1 fully saturated rings. The summed E-state index contributed by atoms with van der Waals surface area (Å²) in [5.74, 6) is 1.44. The third kappa shape index (κ3) is 5.48. The Morgan fingerprint density at radius 3 is 2.52 bits per heavy atom. The number of hydrogen-bond donors (Lipinski definition) is 1. The van der Waals surface area contributed by atoms with Gasteiger partial charge in [0.2, 0.25) is 5.88 Å². The average Bonchev–Trinajstić information content (AvgIpc) is 3.57. The van der Waals surface area contributed by atoms with Crippen LogP contribution >= 0.6 is 11.6 Å². The third-order valence-corrected chi connectivity index (χ3v) is 5.91. The molecule has 0 saturated heterocycles. The zero-order valence-corrected chi connectivity index (χ0v) is 18.9. The van der Waals surface area contributed by atoms with E-state index in [1.54, 1.807) is 4.68 Å². The van der Waals surface area contributed by atoms with Gasteiger partial charge in [-0.1, -0.05) is 55.3 Å². The van der Waals surface area contributed by atoms with Crippen molar-refractivity contribution < 1.29 is 9.84 Å². The second-order valence-corrected chi connectivity index (χ2v) is 8.72. The maximum Gasteiger partial charge on any atom is 0.222 e. The molecule has 1 saturated carbocycles. The van der Waals surface area contributed by atoms with Crippen molar-refractivity contribution in [3.05, 3.63) is 65.2 Å². The molecule has 1 aliphatic rings. The Labute approximate surface area is 189 Å². The van der Waals surface area contributed by atoms with Gasteiger partial charge in [0.25, 0.3) is 0 Å². The van der Waals surface area contributed by atoms with Crippen LogP contribution in [0.2, 0.25) is 5.02 Å². The Hall–Kier alpha value is -2.34. The number of hydrogen-bond acceptors (Lipinski definition) is 4. The van der Waals surface area contributed by atoms with Gasteiger partial charge in [-0.05, 0) is 43.5 Å². The molecular formula is C25H30ClN3O2. The average molecular weight is 440 g/mol. The number of benzene rings is 2. The van der Waals surface area contributed by atoms with Gasteiger partial charge in [-0.2, -0.15) is 5.10 Å². The molecule has 164 valence electrons. The molecule has 0 unspecified atom stereocenters. The number of ether oxygens (including phenoxy) is 1. The number of aryl methyl sites for hydroxylation is 1. The lowest BCUT2D eigenvalue weighted by atomic mass is 10.1. The van der Waals surface area contributed by atoms with E-state index in [9.17, 15) is 5.11 Å². The molecular weight excluding hydrogens is 410 g/mol. The van der Waals surface area contributed by atoms with Crippen LogP contribution in [0.5, 0.6) is 11.6 Å². The molecule has 0 spiro atoms. The molecule has 0 bridgehead atoms. The van der Waals surface area contributed by atoms with Crippen LogP contribution in [-0.2, 0) is 13.6 Å². The number of aromatic nitrogens is 2. The molecule has 6 heteroatoms. The Bertz CT molecular complexity index is 984. The van der Waals surface area contributed by atoms with Crippen molar-refractivity contribution in [3.63, 3.8) is 0 Å². The van der Waals surface area contributed by atoms with Gasteiger partial charge in [-0.15, -0.1) is 0 Å². The quantitative estimate of drug-likeness (QED) is 0.443. The third-order valence-electron chi connectivity index (χ3n) is 5.65. The molecule has 31 heavy (non-hydrogen) atoms. The molecule has 2 aromatic carbocycles. The minimum atomic E-state index is -0.317. The molecule has 0 radical (unpaired) electrons. The van der Waals surface area contributed by atoms with Crippen molar-refractivity contribution in [1.82, 2.24) is 14.7 Å². The topological polar surface area (TPSA) is 50.5 Å². The van der Waals surface area contributed by atoms with Gasteiger partial charge in [0.1, 0.15) is 11.4 Å². The van der Waals surface area contributed by atoms with Gasteiger partial charge in [0.05, 0.1) is 11.7 Å². The number of halogens is 1. The van der Waals surface area contributed by atoms with Crippen LogP contribution in [0.1, 0.15) is 38.2 Å². The summed E-state index contributed by atoms with van der Waals surface area (Å²) in [5.41, 5.74) is 3.02. The Morgan fingerprint density at radius 1 is 1.16 bits per heavy atom. The van der Waals surface area contributed by atoms with Gasteiger partial charge in [0.15, 0.2) is 0 Å². The fourth-order valence-corrected chi connectivity index (χ4v) is 4.07. The van der Waals surface area contributed by atoms with E-state index in [4.69, 9.17) is 21.4 Å². The van der Waals surface area contributed by atoms with Crippen LogP contribution in [0.25, 0.3) is 11.3 Å². The summed E-state index contributed by atoms with van der Waals surface area (Å²) in [6, 6.07) is 18.1. The lowest BCUT2D eigenvalue weighted by Gasteiger charge is -2.25. The van der Waals surface area contributed by atoms with E-state index in [1.165, 1.54) is 12.8 Å². The van der Waals surface area contributed by atoms with Crippen molar-refractivity contribution in [2.75, 3.05) is 6.54 Å². The van der Waals surface area contributed by atoms with Crippen molar-refractivity contribution in [3.8, 4) is 22.9 Å². The van der Waals surface area contributed by atoms with Crippen LogP contribution in [0.4, 0.5) is 0 Å². The highest BCUT2D eigenvalue weighted by Gasteiger charge is 2.32. The van der Waals surface area contributed by atoms with E-state index < -0.39 is 0 Å². The second kappa shape index (κ2) is 9.86. The molecule has 4 rings (SSSR count). The Kier molecular flexibility index (Phi) is 6.96. The minimum Gasteiger partial charge on any atom is -0.439 e. The Balaban J connectivity index is 1.69. The summed E-state index contributed by atoms with van der Waals surface area (Å²) in [5, 5.41) is 16.0. The highest BCUT2D eigenvalue weighted by atomic mass is 35.5. The summed E-state index contributed by atoms with van der Waals surface area (Å²) in [6.07, 6.45) is 3.83. The Morgan fingerprint density at radius 2 is 1.87 bits per heavy atom. The fraction of sp³-hybridized carbons (Fsp3) is 0.400. The van der Waals surface area contributed by atoms with E-state index in [0.29, 0.717) is 24.2 Å². The van der Waals surface area contributed by atoms with E-state index in [1.807, 2.05) is 49.5 Å². The smallest absolute Gasteiger partial charge is 0.222 e. The van der Waals surface area contributed by atoms with Crippen LogP contribution in [0.3, 0.4) is 0 Å². The first-order chi connectivity index (χ1) is 15.0. The normalized spacial score (nSPS) is 14.7. The van der Waals surface area contributed by atoms with E-state index in [2.05, 4.69) is 24.0 Å². The maximum atomic E-state index is 10.5. The molecule has 3 aromatic rings. The van der Waals surface area contributed by atoms with Gasteiger partial charge in [0, 0.05) is 36.8 Å². The van der Waals surface area contributed by atoms with Crippen molar-refractivity contribution >= 4 is 11.6 Å². The molecule has 1 aromatic heterocycles. The molecule has 1 aliphatic carbocycles. The first-order valence-electron chi connectivity index (χ1n) is 11.0. The second-order valence-electron chi connectivity index (χ2n) is 8.28. The van der Waals surface area contributed by atoms with Gasteiger partial charge < -0.3 is 9.84 Å². The summed E-state index contributed by atoms with van der Waals surface area (Å²) in [4.78, 5) is 2.39. The van der Waals surface area contributed by atoms with Gasteiger partial charge >= 0.3 is 0 Å². The molecule has 0 amide bonds. The number of aliphatic hydroxyl groups excluding tert-OH is 1. The first kappa shape index (κ1) is 21.9. The zero-order valence-electron chi connectivity index (χ0n) is 18.2. The number of aliphatic hydroxyl groups is 1. The number of nitrogens with zero attached hydrogens (tertiary/aromatic N) is 3. The predicted molar refractivity (Wildman–Crippen MR) is 125 cm³/mol. The van der Waals surface area contributed by atoms with Crippen LogP contribution in [-0.4, -0.2) is 38.5 Å².